The molecule has 1 aliphatic heterocycles. The van der Waals surface area contributed by atoms with Crippen LogP contribution in [0.3, 0.4) is 0 Å². The number of likely N-dealkylation sites (tertiary alicyclic amines) is 1. The Bertz CT molecular complexity index is 607. The number of carbonyl (C=O) groups is 3. The zero-order valence-electron chi connectivity index (χ0n) is 14.0. The van der Waals surface area contributed by atoms with Gasteiger partial charge in [-0.25, -0.2) is 0 Å². The fourth-order valence-electron chi connectivity index (χ4n) is 2.77. The summed E-state index contributed by atoms with van der Waals surface area (Å²) in [7, 11) is 0. The third kappa shape index (κ3) is 5.08. The molecule has 0 saturated carbocycles. The standard InChI is InChI=1S/C18H24N2O4/c1-13-9-11-20(12-10-13)18(24)14-5-2-3-6-15(14)19-16(21)7-4-8-17(22)23/h2-3,5-6,13H,4,7-12H2,1H3,(H,19,21)(H,22,23). The highest BCUT2D eigenvalue weighted by Crippen LogP contribution is 2.22. The van der Waals surface area contributed by atoms with Gasteiger partial charge >= 0.3 is 5.97 Å². The van der Waals surface area contributed by atoms with Crippen LogP contribution in [0.1, 0.15) is 49.4 Å². The van der Waals surface area contributed by atoms with E-state index in [4.69, 9.17) is 5.11 Å². The summed E-state index contributed by atoms with van der Waals surface area (Å²) in [6.07, 6.45) is 2.35. The van der Waals surface area contributed by atoms with Crippen LogP contribution >= 0.6 is 0 Å². The van der Waals surface area contributed by atoms with Crippen molar-refractivity contribution in [2.45, 2.75) is 39.0 Å². The van der Waals surface area contributed by atoms with Crippen molar-refractivity contribution in [1.82, 2.24) is 4.90 Å². The Kier molecular flexibility index (Phi) is 6.35. The number of para-hydroxylation sites is 1. The fraction of sp³-hybridized carbons (Fsp3) is 0.500. The van der Waals surface area contributed by atoms with E-state index in [1.165, 1.54) is 0 Å². The van der Waals surface area contributed by atoms with E-state index >= 15 is 0 Å². The summed E-state index contributed by atoms with van der Waals surface area (Å²) >= 11 is 0. The quantitative estimate of drug-likeness (QED) is 0.838. The van der Waals surface area contributed by atoms with Gasteiger partial charge < -0.3 is 15.3 Å². The number of nitrogens with zero attached hydrogens (tertiary/aromatic N) is 1. The summed E-state index contributed by atoms with van der Waals surface area (Å²) in [4.78, 5) is 37.0. The molecule has 1 aromatic carbocycles. The van der Waals surface area contributed by atoms with E-state index in [0.717, 1.165) is 25.9 Å². The van der Waals surface area contributed by atoms with Gasteiger partial charge in [0.1, 0.15) is 0 Å². The van der Waals surface area contributed by atoms with Gasteiger partial charge in [0.25, 0.3) is 5.91 Å². The van der Waals surface area contributed by atoms with E-state index in [1.807, 2.05) is 4.90 Å². The molecule has 0 spiro atoms. The van der Waals surface area contributed by atoms with Crippen LogP contribution in [0.4, 0.5) is 5.69 Å². The molecule has 6 nitrogen and oxygen atoms in total. The van der Waals surface area contributed by atoms with Crippen LogP contribution in [-0.4, -0.2) is 40.9 Å². The maximum Gasteiger partial charge on any atom is 0.303 e. The molecular formula is C18H24N2O4. The summed E-state index contributed by atoms with van der Waals surface area (Å²) in [5.41, 5.74) is 0.972. The van der Waals surface area contributed by atoms with Crippen molar-refractivity contribution in [1.29, 1.82) is 0 Å². The van der Waals surface area contributed by atoms with Gasteiger partial charge in [0.2, 0.25) is 5.91 Å². The number of piperidine rings is 1. The van der Waals surface area contributed by atoms with Crippen LogP contribution in [0.5, 0.6) is 0 Å². The van der Waals surface area contributed by atoms with Gasteiger partial charge in [-0.05, 0) is 37.3 Å². The highest BCUT2D eigenvalue weighted by Gasteiger charge is 2.23. The predicted molar refractivity (Wildman–Crippen MR) is 90.9 cm³/mol. The van der Waals surface area contributed by atoms with Crippen molar-refractivity contribution in [3.63, 3.8) is 0 Å². The van der Waals surface area contributed by atoms with E-state index in [2.05, 4.69) is 12.2 Å². The van der Waals surface area contributed by atoms with Crippen LogP contribution in [0.2, 0.25) is 0 Å². The van der Waals surface area contributed by atoms with Crippen LogP contribution in [0, 0.1) is 5.92 Å². The van der Waals surface area contributed by atoms with E-state index in [9.17, 15) is 14.4 Å². The SMILES string of the molecule is CC1CCN(C(=O)c2ccccc2NC(=O)CCCC(=O)O)CC1. The predicted octanol–water partition coefficient (Wildman–Crippen LogP) is 2.75. The average molecular weight is 332 g/mol. The van der Waals surface area contributed by atoms with Gasteiger partial charge in [0.05, 0.1) is 11.3 Å². The van der Waals surface area contributed by atoms with Crippen LogP contribution in [0.25, 0.3) is 0 Å². The lowest BCUT2D eigenvalue weighted by molar-refractivity contribution is -0.137. The van der Waals surface area contributed by atoms with Crippen molar-refractivity contribution in [2.24, 2.45) is 5.92 Å². The first-order valence-electron chi connectivity index (χ1n) is 8.37. The Balaban J connectivity index is 2.00. The van der Waals surface area contributed by atoms with Crippen LogP contribution in [0.15, 0.2) is 24.3 Å². The number of hydrogen-bond acceptors (Lipinski definition) is 3. The summed E-state index contributed by atoms with van der Waals surface area (Å²) in [5, 5.41) is 11.3. The summed E-state index contributed by atoms with van der Waals surface area (Å²) in [6.45, 7) is 3.66. The number of carboxylic acid groups (broad SMARTS) is 1. The molecule has 6 heteroatoms. The van der Waals surface area contributed by atoms with Crippen molar-refractivity contribution in [2.75, 3.05) is 18.4 Å². The average Bonchev–Trinajstić information content (AvgIpc) is 2.55. The molecule has 0 aromatic heterocycles. The van der Waals surface area contributed by atoms with Crippen LogP contribution < -0.4 is 5.32 Å². The van der Waals surface area contributed by atoms with E-state index in [-0.39, 0.29) is 31.1 Å². The molecule has 0 radical (unpaired) electrons. The molecule has 1 fully saturated rings. The number of rotatable bonds is 6. The first kappa shape index (κ1) is 18.0. The molecule has 130 valence electrons. The van der Waals surface area contributed by atoms with Crippen molar-refractivity contribution >= 4 is 23.5 Å². The Hall–Kier alpha value is -2.37. The zero-order chi connectivity index (χ0) is 17.5. The number of amides is 2. The minimum Gasteiger partial charge on any atom is -0.481 e. The van der Waals surface area contributed by atoms with Crippen molar-refractivity contribution in [3.05, 3.63) is 29.8 Å². The molecule has 2 amide bonds. The maximum atomic E-state index is 12.7. The van der Waals surface area contributed by atoms with Crippen molar-refractivity contribution < 1.29 is 19.5 Å². The lowest BCUT2D eigenvalue weighted by Crippen LogP contribution is -2.38. The number of carbonyl (C=O) groups excluding carboxylic acids is 2. The molecule has 0 bridgehead atoms. The molecule has 0 aliphatic carbocycles. The molecule has 1 aromatic rings. The molecule has 0 unspecified atom stereocenters. The van der Waals surface area contributed by atoms with Crippen molar-refractivity contribution in [3.8, 4) is 0 Å². The molecule has 1 heterocycles. The number of hydrogen-bond donors (Lipinski definition) is 2. The highest BCUT2D eigenvalue weighted by molar-refractivity contribution is 6.03. The summed E-state index contributed by atoms with van der Waals surface area (Å²) < 4.78 is 0. The maximum absolute atomic E-state index is 12.7. The summed E-state index contributed by atoms with van der Waals surface area (Å²) in [5.74, 6) is -0.622. The number of aliphatic carboxylic acids is 1. The van der Waals surface area contributed by atoms with Gasteiger partial charge in [-0.15, -0.1) is 0 Å². The molecule has 1 saturated heterocycles. The Labute approximate surface area is 141 Å². The second-order valence-corrected chi connectivity index (χ2v) is 6.32. The third-order valence-electron chi connectivity index (χ3n) is 4.30. The minimum absolute atomic E-state index is 0.0417. The zero-order valence-corrected chi connectivity index (χ0v) is 14.0. The largest absolute Gasteiger partial charge is 0.481 e. The first-order valence-corrected chi connectivity index (χ1v) is 8.37. The number of carboxylic acids is 1. The van der Waals surface area contributed by atoms with Gasteiger partial charge in [0, 0.05) is 25.9 Å². The molecular weight excluding hydrogens is 308 g/mol. The number of benzene rings is 1. The molecule has 1 aliphatic rings. The highest BCUT2D eigenvalue weighted by atomic mass is 16.4. The van der Waals surface area contributed by atoms with Gasteiger partial charge in [-0.3, -0.25) is 14.4 Å². The number of anilines is 1. The molecule has 24 heavy (non-hydrogen) atoms. The molecule has 2 N–H and O–H groups in total. The Morgan fingerprint density at radius 2 is 1.83 bits per heavy atom. The normalized spacial score (nSPS) is 15.1. The van der Waals surface area contributed by atoms with E-state index in [0.29, 0.717) is 17.2 Å². The minimum atomic E-state index is -0.919. The van der Waals surface area contributed by atoms with Gasteiger partial charge in [0.15, 0.2) is 0 Å². The Morgan fingerprint density at radius 3 is 2.50 bits per heavy atom. The monoisotopic (exact) mass is 332 g/mol. The van der Waals surface area contributed by atoms with Gasteiger partial charge in [-0.2, -0.15) is 0 Å². The second-order valence-electron chi connectivity index (χ2n) is 6.32. The summed E-state index contributed by atoms with van der Waals surface area (Å²) in [6, 6.07) is 6.96. The molecule has 0 atom stereocenters. The second kappa shape index (κ2) is 8.47. The molecule has 2 rings (SSSR count). The first-order chi connectivity index (χ1) is 11.5. The smallest absolute Gasteiger partial charge is 0.303 e. The fourth-order valence-corrected chi connectivity index (χ4v) is 2.77. The lowest BCUT2D eigenvalue weighted by atomic mass is 9.98. The lowest BCUT2D eigenvalue weighted by Gasteiger charge is -2.30. The van der Waals surface area contributed by atoms with E-state index < -0.39 is 5.97 Å². The number of nitrogens with one attached hydrogen (secondary N) is 1. The van der Waals surface area contributed by atoms with E-state index in [1.54, 1.807) is 24.3 Å². The third-order valence-corrected chi connectivity index (χ3v) is 4.30. The topological polar surface area (TPSA) is 86.7 Å². The van der Waals surface area contributed by atoms with Crippen LogP contribution in [-0.2, 0) is 9.59 Å². The van der Waals surface area contributed by atoms with Gasteiger partial charge in [-0.1, -0.05) is 19.1 Å². The Morgan fingerprint density at radius 1 is 1.17 bits per heavy atom.